The van der Waals surface area contributed by atoms with Crippen molar-refractivity contribution in [3.05, 3.63) is 60.2 Å². The van der Waals surface area contributed by atoms with E-state index in [9.17, 15) is 9.59 Å². The molecular formula is C23H29N3O4. The highest BCUT2D eigenvalue weighted by Crippen LogP contribution is 2.31. The van der Waals surface area contributed by atoms with Gasteiger partial charge in [-0.1, -0.05) is 42.5 Å². The first-order chi connectivity index (χ1) is 14.5. The molecule has 7 heteroatoms. The number of nitrogens with one attached hydrogen (secondary N) is 1. The molecule has 1 heterocycles. The first-order valence-electron chi connectivity index (χ1n) is 10.0. The van der Waals surface area contributed by atoms with Crippen LogP contribution in [-0.2, 0) is 16.1 Å². The van der Waals surface area contributed by atoms with Gasteiger partial charge in [-0.3, -0.25) is 9.69 Å². The number of methoxy groups -OCH3 is 1. The van der Waals surface area contributed by atoms with E-state index in [2.05, 4.69) is 5.32 Å². The molecule has 1 aliphatic heterocycles. The van der Waals surface area contributed by atoms with Crippen molar-refractivity contribution in [2.24, 2.45) is 0 Å². The van der Waals surface area contributed by atoms with E-state index in [1.54, 1.807) is 12.0 Å². The Bertz CT molecular complexity index is 862. The second-order valence-electron chi connectivity index (χ2n) is 7.61. The first kappa shape index (κ1) is 21.6. The molecule has 1 N–H and O–H groups in total. The molecule has 0 bridgehead atoms. The molecule has 1 aliphatic rings. The first-order valence-corrected chi connectivity index (χ1v) is 10.0. The SMILES string of the molecule is COc1ccccc1NC(=O)C1(N(C)C)CCN(C(=O)OCc2ccccc2)CC1. The molecule has 3 rings (SSSR count). The third-order valence-corrected chi connectivity index (χ3v) is 5.69. The van der Waals surface area contributed by atoms with Crippen molar-refractivity contribution in [2.45, 2.75) is 25.0 Å². The van der Waals surface area contributed by atoms with Crippen LogP contribution in [-0.4, -0.2) is 61.6 Å². The Kier molecular flexibility index (Phi) is 6.95. The number of para-hydroxylation sites is 2. The zero-order valence-electron chi connectivity index (χ0n) is 17.8. The van der Waals surface area contributed by atoms with Crippen LogP contribution in [0.3, 0.4) is 0 Å². The van der Waals surface area contributed by atoms with Crippen LogP contribution in [0, 0.1) is 0 Å². The third-order valence-electron chi connectivity index (χ3n) is 5.69. The van der Waals surface area contributed by atoms with Gasteiger partial charge in [-0.2, -0.15) is 0 Å². The fourth-order valence-electron chi connectivity index (χ4n) is 3.73. The van der Waals surface area contributed by atoms with E-state index in [1.807, 2.05) is 73.6 Å². The Morgan fingerprint density at radius 3 is 2.30 bits per heavy atom. The molecular weight excluding hydrogens is 382 g/mol. The van der Waals surface area contributed by atoms with Gasteiger partial charge >= 0.3 is 6.09 Å². The van der Waals surface area contributed by atoms with E-state index in [-0.39, 0.29) is 18.6 Å². The maximum absolute atomic E-state index is 13.2. The average Bonchev–Trinajstić information content (AvgIpc) is 2.78. The van der Waals surface area contributed by atoms with Crippen LogP contribution in [0.15, 0.2) is 54.6 Å². The molecule has 7 nitrogen and oxygen atoms in total. The van der Waals surface area contributed by atoms with Crippen LogP contribution in [0.4, 0.5) is 10.5 Å². The van der Waals surface area contributed by atoms with Crippen molar-refractivity contribution in [2.75, 3.05) is 39.6 Å². The number of hydrogen-bond donors (Lipinski definition) is 1. The summed E-state index contributed by atoms with van der Waals surface area (Å²) in [5, 5.41) is 3.00. The molecule has 160 valence electrons. The van der Waals surface area contributed by atoms with Crippen molar-refractivity contribution in [1.29, 1.82) is 0 Å². The largest absolute Gasteiger partial charge is 0.495 e. The number of rotatable bonds is 6. The lowest BCUT2D eigenvalue weighted by Crippen LogP contribution is -2.60. The van der Waals surface area contributed by atoms with E-state index in [4.69, 9.17) is 9.47 Å². The normalized spacial score (nSPS) is 15.5. The van der Waals surface area contributed by atoms with Gasteiger partial charge in [-0.05, 0) is 44.6 Å². The molecule has 1 saturated heterocycles. The fourth-order valence-corrected chi connectivity index (χ4v) is 3.73. The van der Waals surface area contributed by atoms with E-state index < -0.39 is 5.54 Å². The van der Waals surface area contributed by atoms with Crippen LogP contribution in [0.1, 0.15) is 18.4 Å². The minimum absolute atomic E-state index is 0.102. The van der Waals surface area contributed by atoms with Crippen molar-refractivity contribution < 1.29 is 19.1 Å². The van der Waals surface area contributed by atoms with Gasteiger partial charge in [0.15, 0.2) is 0 Å². The molecule has 2 aromatic rings. The van der Waals surface area contributed by atoms with E-state index in [0.717, 1.165) is 5.56 Å². The number of anilines is 1. The standard InChI is InChI=1S/C23H29N3O4/c1-25(2)23(21(27)24-19-11-7-8-12-20(19)29-3)13-15-26(16-14-23)22(28)30-17-18-9-5-4-6-10-18/h4-12H,13-17H2,1-3H3,(H,24,27). The Balaban J connectivity index is 1.62. The lowest BCUT2D eigenvalue weighted by Gasteiger charge is -2.44. The molecule has 0 aromatic heterocycles. The van der Waals surface area contributed by atoms with Gasteiger partial charge in [0, 0.05) is 13.1 Å². The van der Waals surface area contributed by atoms with E-state index >= 15 is 0 Å². The van der Waals surface area contributed by atoms with Crippen LogP contribution >= 0.6 is 0 Å². The van der Waals surface area contributed by atoms with Gasteiger partial charge in [0.05, 0.1) is 12.8 Å². The average molecular weight is 412 g/mol. The summed E-state index contributed by atoms with van der Waals surface area (Å²) < 4.78 is 10.8. The lowest BCUT2D eigenvalue weighted by molar-refractivity contribution is -0.129. The van der Waals surface area contributed by atoms with Crippen molar-refractivity contribution in [1.82, 2.24) is 9.80 Å². The molecule has 0 atom stereocenters. The maximum Gasteiger partial charge on any atom is 0.410 e. The van der Waals surface area contributed by atoms with Gasteiger partial charge in [0.1, 0.15) is 17.9 Å². The maximum atomic E-state index is 13.2. The predicted octanol–water partition coefficient (Wildman–Crippen LogP) is 3.37. The monoisotopic (exact) mass is 411 g/mol. The molecule has 2 aromatic carbocycles. The second-order valence-corrected chi connectivity index (χ2v) is 7.61. The zero-order valence-corrected chi connectivity index (χ0v) is 17.8. The highest BCUT2D eigenvalue weighted by molar-refractivity contribution is 5.99. The molecule has 0 saturated carbocycles. The highest BCUT2D eigenvalue weighted by Gasteiger charge is 2.44. The third kappa shape index (κ3) is 4.74. The molecule has 30 heavy (non-hydrogen) atoms. The number of carbonyl (C=O) groups excluding carboxylic acids is 2. The summed E-state index contributed by atoms with van der Waals surface area (Å²) in [7, 11) is 5.36. The summed E-state index contributed by atoms with van der Waals surface area (Å²) >= 11 is 0. The number of ether oxygens (including phenoxy) is 2. The van der Waals surface area contributed by atoms with Gasteiger partial charge in [-0.25, -0.2) is 4.79 Å². The smallest absolute Gasteiger partial charge is 0.410 e. The fraction of sp³-hybridized carbons (Fsp3) is 0.391. The van der Waals surface area contributed by atoms with E-state index in [0.29, 0.717) is 37.4 Å². The minimum atomic E-state index is -0.711. The predicted molar refractivity (Wildman–Crippen MR) is 115 cm³/mol. The van der Waals surface area contributed by atoms with Crippen molar-refractivity contribution in [3.8, 4) is 5.75 Å². The van der Waals surface area contributed by atoms with E-state index in [1.165, 1.54) is 0 Å². The summed E-state index contributed by atoms with van der Waals surface area (Å²) in [4.78, 5) is 29.3. The topological polar surface area (TPSA) is 71.1 Å². The molecule has 0 spiro atoms. The van der Waals surface area contributed by atoms with Crippen LogP contribution in [0.5, 0.6) is 5.75 Å². The number of amides is 2. The van der Waals surface area contributed by atoms with Gasteiger partial charge < -0.3 is 19.7 Å². The Morgan fingerprint density at radius 2 is 1.67 bits per heavy atom. The quantitative estimate of drug-likeness (QED) is 0.789. The van der Waals surface area contributed by atoms with Crippen LogP contribution < -0.4 is 10.1 Å². The summed E-state index contributed by atoms with van der Waals surface area (Å²) in [6, 6.07) is 16.9. The number of likely N-dealkylation sites (N-methyl/N-ethyl adjacent to an activating group) is 1. The number of benzene rings is 2. The summed E-state index contributed by atoms with van der Waals surface area (Å²) in [6.07, 6.45) is 0.680. The zero-order chi connectivity index (χ0) is 21.6. The Hall–Kier alpha value is -3.06. The molecule has 1 fully saturated rings. The Morgan fingerprint density at radius 1 is 1.03 bits per heavy atom. The summed E-state index contributed by atoms with van der Waals surface area (Å²) in [6.45, 7) is 1.14. The van der Waals surface area contributed by atoms with Crippen molar-refractivity contribution >= 4 is 17.7 Å². The number of piperidine rings is 1. The highest BCUT2D eigenvalue weighted by atomic mass is 16.6. The number of likely N-dealkylation sites (tertiary alicyclic amines) is 1. The number of carbonyl (C=O) groups is 2. The summed E-state index contributed by atoms with van der Waals surface area (Å²) in [5.41, 5.74) is 0.870. The summed E-state index contributed by atoms with van der Waals surface area (Å²) in [5.74, 6) is 0.510. The van der Waals surface area contributed by atoms with Gasteiger partial charge in [0.2, 0.25) is 5.91 Å². The number of nitrogens with zero attached hydrogens (tertiary/aromatic N) is 2. The molecule has 0 radical (unpaired) electrons. The second kappa shape index (κ2) is 9.63. The molecule has 2 amide bonds. The van der Waals surface area contributed by atoms with Crippen LogP contribution in [0.25, 0.3) is 0 Å². The van der Waals surface area contributed by atoms with Gasteiger partial charge in [0.25, 0.3) is 0 Å². The number of hydrogen-bond acceptors (Lipinski definition) is 5. The minimum Gasteiger partial charge on any atom is -0.495 e. The van der Waals surface area contributed by atoms with Crippen LogP contribution in [0.2, 0.25) is 0 Å². The molecule has 0 aliphatic carbocycles. The Labute approximate surface area is 177 Å². The lowest BCUT2D eigenvalue weighted by atomic mass is 9.85. The van der Waals surface area contributed by atoms with Crippen molar-refractivity contribution in [3.63, 3.8) is 0 Å². The molecule has 0 unspecified atom stereocenters. The van der Waals surface area contributed by atoms with Gasteiger partial charge in [-0.15, -0.1) is 0 Å².